The molecule has 0 amide bonds. The first kappa shape index (κ1) is 35.6. The predicted octanol–water partition coefficient (Wildman–Crippen LogP) is 10.3. The third-order valence-electron chi connectivity index (χ3n) is 11.4. The Kier molecular flexibility index (Phi) is 9.50. The number of aryl methyl sites for hydroxylation is 2. The van der Waals surface area contributed by atoms with Gasteiger partial charge in [0.25, 0.3) is 0 Å². The van der Waals surface area contributed by atoms with Crippen molar-refractivity contribution in [2.24, 2.45) is 0 Å². The SMILES string of the molecule is COc1ccc(-c2c(-c3c(-c4ccc(OC)cc4)c4c5c(ccc(OC)c5c3OC)CC[C@H]4OC)c(OC)c3c(OC)ccc4c3c2[C@@H](OC)CC4)cc1. The summed E-state index contributed by atoms with van der Waals surface area (Å²) in [5.74, 6) is 4.31. The highest BCUT2D eigenvalue weighted by Gasteiger charge is 2.38. The van der Waals surface area contributed by atoms with Crippen molar-refractivity contribution in [2.75, 3.05) is 56.9 Å². The lowest BCUT2D eigenvalue weighted by atomic mass is 9.73. The highest BCUT2D eigenvalue weighted by Crippen LogP contribution is 2.61. The van der Waals surface area contributed by atoms with Gasteiger partial charge in [0.1, 0.15) is 34.5 Å². The standard InChI is InChI=1S/C46H46O8/c1-47-29-17-9-25(10-18-29)37-39-31(49-3)21-13-27-15-23-33(51-5)41(35(27)39)45(53-7)43(37)44-38(26-11-19-30(48-2)20-12-26)40-32(50-4)22-14-28-16-24-34(52-6)42(36(28)40)46(44)54-8/h9-12,15-20,23-24,31-32H,13-14,21-22H2,1-8H3/t31-,32+. The zero-order valence-electron chi connectivity index (χ0n) is 32.2. The number of ether oxygens (including phenoxy) is 8. The van der Waals surface area contributed by atoms with Gasteiger partial charge < -0.3 is 37.9 Å². The van der Waals surface area contributed by atoms with Crippen molar-refractivity contribution >= 4 is 21.5 Å². The Labute approximate surface area is 316 Å². The van der Waals surface area contributed by atoms with Gasteiger partial charge >= 0.3 is 0 Å². The lowest BCUT2D eigenvalue weighted by molar-refractivity contribution is 0.0954. The molecule has 0 spiro atoms. The lowest BCUT2D eigenvalue weighted by Gasteiger charge is -2.35. The molecule has 0 N–H and O–H groups in total. The average molecular weight is 727 g/mol. The van der Waals surface area contributed by atoms with Crippen LogP contribution in [0.15, 0.2) is 72.8 Å². The van der Waals surface area contributed by atoms with Crippen molar-refractivity contribution in [2.45, 2.75) is 37.9 Å². The lowest BCUT2D eigenvalue weighted by Crippen LogP contribution is -2.16. The topological polar surface area (TPSA) is 73.8 Å². The van der Waals surface area contributed by atoms with Crippen LogP contribution in [-0.2, 0) is 22.3 Å². The number of hydrogen-bond acceptors (Lipinski definition) is 8. The molecule has 0 aliphatic heterocycles. The molecule has 8 nitrogen and oxygen atoms in total. The first-order chi connectivity index (χ1) is 26.5. The molecule has 0 saturated carbocycles. The largest absolute Gasteiger partial charge is 0.497 e. The summed E-state index contributed by atoms with van der Waals surface area (Å²) < 4.78 is 49.8. The molecular formula is C46H46O8. The Morgan fingerprint density at radius 1 is 0.389 bits per heavy atom. The van der Waals surface area contributed by atoms with Crippen LogP contribution in [0.4, 0.5) is 0 Å². The van der Waals surface area contributed by atoms with Gasteiger partial charge in [0, 0.05) is 25.3 Å². The second-order valence-corrected chi connectivity index (χ2v) is 13.7. The van der Waals surface area contributed by atoms with Gasteiger partial charge in [0.15, 0.2) is 0 Å². The molecule has 6 aromatic carbocycles. The van der Waals surface area contributed by atoms with E-state index in [1.165, 1.54) is 11.1 Å². The van der Waals surface area contributed by atoms with Crippen LogP contribution in [0.3, 0.4) is 0 Å². The molecule has 2 aliphatic rings. The molecule has 0 heterocycles. The maximum Gasteiger partial charge on any atom is 0.139 e. The Bertz CT molecular complexity index is 2210. The zero-order valence-corrected chi connectivity index (χ0v) is 32.2. The van der Waals surface area contributed by atoms with Crippen molar-refractivity contribution in [3.05, 3.63) is 95.1 Å². The summed E-state index contributed by atoms with van der Waals surface area (Å²) in [7, 11) is 13.9. The smallest absolute Gasteiger partial charge is 0.139 e. The predicted molar refractivity (Wildman–Crippen MR) is 213 cm³/mol. The third-order valence-corrected chi connectivity index (χ3v) is 11.4. The third kappa shape index (κ3) is 5.34. The van der Waals surface area contributed by atoms with E-state index in [2.05, 4.69) is 48.5 Å². The molecule has 54 heavy (non-hydrogen) atoms. The Hall–Kier alpha value is -5.44. The van der Waals surface area contributed by atoms with Crippen molar-refractivity contribution in [1.82, 2.24) is 0 Å². The summed E-state index contributed by atoms with van der Waals surface area (Å²) in [6.45, 7) is 0. The maximum absolute atomic E-state index is 6.69. The molecule has 8 rings (SSSR count). The van der Waals surface area contributed by atoms with Gasteiger partial charge in [-0.15, -0.1) is 0 Å². The fraction of sp³-hybridized carbons (Fsp3) is 0.304. The number of hydrogen-bond donors (Lipinski definition) is 0. The van der Waals surface area contributed by atoms with Gasteiger partial charge in [-0.05, 0) is 117 Å². The van der Waals surface area contributed by atoms with Crippen molar-refractivity contribution < 1.29 is 37.9 Å². The minimum Gasteiger partial charge on any atom is -0.497 e. The van der Waals surface area contributed by atoms with Gasteiger partial charge in [0.05, 0.1) is 65.6 Å². The highest BCUT2D eigenvalue weighted by molar-refractivity contribution is 6.17. The minimum atomic E-state index is -0.212. The second-order valence-electron chi connectivity index (χ2n) is 13.7. The molecule has 8 heteroatoms. The number of rotatable bonds is 11. The van der Waals surface area contributed by atoms with Crippen LogP contribution in [0.1, 0.15) is 47.3 Å². The molecule has 0 aromatic heterocycles. The Morgan fingerprint density at radius 3 is 1.09 bits per heavy atom. The summed E-state index contributed by atoms with van der Waals surface area (Å²) in [5.41, 5.74) is 10.3. The summed E-state index contributed by atoms with van der Waals surface area (Å²) in [6.07, 6.45) is 2.91. The highest BCUT2D eigenvalue weighted by atomic mass is 16.5. The van der Waals surface area contributed by atoms with Gasteiger partial charge in [-0.1, -0.05) is 36.4 Å². The van der Waals surface area contributed by atoms with Crippen LogP contribution in [0, 0.1) is 0 Å². The first-order valence-corrected chi connectivity index (χ1v) is 18.3. The van der Waals surface area contributed by atoms with Gasteiger partial charge in [-0.3, -0.25) is 0 Å². The molecule has 0 radical (unpaired) electrons. The van der Waals surface area contributed by atoms with Gasteiger partial charge in [0.2, 0.25) is 0 Å². The van der Waals surface area contributed by atoms with E-state index in [-0.39, 0.29) is 12.2 Å². The van der Waals surface area contributed by atoms with E-state index < -0.39 is 0 Å². The van der Waals surface area contributed by atoms with Gasteiger partial charge in [-0.2, -0.15) is 0 Å². The molecule has 6 aromatic rings. The van der Waals surface area contributed by atoms with E-state index in [1.54, 1.807) is 56.9 Å². The average Bonchev–Trinajstić information content (AvgIpc) is 3.23. The van der Waals surface area contributed by atoms with E-state index in [0.717, 1.165) is 103 Å². The molecule has 0 saturated heterocycles. The van der Waals surface area contributed by atoms with Gasteiger partial charge in [-0.25, -0.2) is 0 Å². The van der Waals surface area contributed by atoms with E-state index in [9.17, 15) is 0 Å². The second kappa shape index (κ2) is 14.4. The quantitative estimate of drug-likeness (QED) is 0.131. The van der Waals surface area contributed by atoms with Crippen molar-refractivity contribution in [3.63, 3.8) is 0 Å². The van der Waals surface area contributed by atoms with E-state index in [4.69, 9.17) is 37.9 Å². The molecular weight excluding hydrogens is 680 g/mol. The van der Waals surface area contributed by atoms with Crippen molar-refractivity contribution in [1.29, 1.82) is 0 Å². The molecule has 0 unspecified atom stereocenters. The molecule has 0 bridgehead atoms. The minimum absolute atomic E-state index is 0.212. The fourth-order valence-corrected chi connectivity index (χ4v) is 9.05. The van der Waals surface area contributed by atoms with Crippen LogP contribution in [0.5, 0.6) is 34.5 Å². The normalized spacial score (nSPS) is 16.0. The summed E-state index contributed by atoms with van der Waals surface area (Å²) in [5, 5.41) is 3.95. The summed E-state index contributed by atoms with van der Waals surface area (Å²) in [6, 6.07) is 24.9. The Morgan fingerprint density at radius 2 is 0.778 bits per heavy atom. The van der Waals surface area contributed by atoms with Crippen LogP contribution >= 0.6 is 0 Å². The molecule has 278 valence electrons. The number of benzene rings is 6. The molecule has 0 fully saturated rings. The first-order valence-electron chi connectivity index (χ1n) is 18.3. The maximum atomic E-state index is 6.69. The molecule has 2 aliphatic carbocycles. The summed E-state index contributed by atoms with van der Waals surface area (Å²) in [4.78, 5) is 0. The van der Waals surface area contributed by atoms with Crippen LogP contribution in [0.2, 0.25) is 0 Å². The van der Waals surface area contributed by atoms with E-state index in [1.807, 2.05) is 24.3 Å². The summed E-state index contributed by atoms with van der Waals surface area (Å²) >= 11 is 0. The van der Waals surface area contributed by atoms with Crippen molar-refractivity contribution in [3.8, 4) is 67.9 Å². The van der Waals surface area contributed by atoms with Crippen LogP contribution in [-0.4, -0.2) is 56.9 Å². The number of methoxy groups -OCH3 is 8. The Balaban J connectivity index is 1.70. The van der Waals surface area contributed by atoms with E-state index >= 15 is 0 Å². The molecule has 2 atom stereocenters. The monoisotopic (exact) mass is 726 g/mol. The van der Waals surface area contributed by atoms with Crippen LogP contribution in [0.25, 0.3) is 54.9 Å². The van der Waals surface area contributed by atoms with Crippen LogP contribution < -0.4 is 28.4 Å². The fourth-order valence-electron chi connectivity index (χ4n) is 9.05. The van der Waals surface area contributed by atoms with E-state index in [0.29, 0.717) is 23.0 Å². The zero-order chi connectivity index (χ0) is 37.7.